The van der Waals surface area contributed by atoms with Gasteiger partial charge in [-0.05, 0) is 84.0 Å². The number of pyridine rings is 1. The van der Waals surface area contributed by atoms with E-state index in [1.54, 1.807) is 11.3 Å². The van der Waals surface area contributed by atoms with Crippen LogP contribution in [-0.4, -0.2) is 28.9 Å². The molecule has 2 aromatic heterocycles. The monoisotopic (exact) mass is 404 g/mol. The lowest BCUT2D eigenvalue weighted by molar-refractivity contribution is 0.0724. The summed E-state index contributed by atoms with van der Waals surface area (Å²) in [5, 5.41) is 2.19. The number of rotatable bonds is 5. The third-order valence-corrected chi connectivity index (χ3v) is 6.41. The normalized spacial score (nSPS) is 14.4. The minimum Gasteiger partial charge on any atom is -0.339 e. The molecule has 4 heteroatoms. The van der Waals surface area contributed by atoms with Crippen molar-refractivity contribution in [2.45, 2.75) is 39.5 Å². The van der Waals surface area contributed by atoms with Crippen LogP contribution in [0.1, 0.15) is 49.2 Å². The molecule has 3 aromatic rings. The number of piperidine rings is 1. The zero-order chi connectivity index (χ0) is 20.2. The molecule has 1 fully saturated rings. The minimum atomic E-state index is 0.164. The first kappa shape index (κ1) is 19.8. The molecule has 0 aliphatic carbocycles. The van der Waals surface area contributed by atoms with Gasteiger partial charge in [0.2, 0.25) is 0 Å². The molecule has 29 heavy (non-hydrogen) atoms. The Hall–Kier alpha value is -2.46. The fourth-order valence-electron chi connectivity index (χ4n) is 3.89. The van der Waals surface area contributed by atoms with Crippen LogP contribution in [-0.2, 0) is 6.42 Å². The lowest BCUT2D eigenvalue weighted by atomic mass is 10.0. The third-order valence-electron chi connectivity index (χ3n) is 5.43. The SMILES string of the molecule is CC(C)Cc1cc(-c2cc(-c3ccc(C(=O)N4CCCCC4)cc3)cs2)ccn1. The number of likely N-dealkylation sites (tertiary alicyclic amines) is 1. The number of nitrogens with zero attached hydrogens (tertiary/aromatic N) is 2. The van der Waals surface area contributed by atoms with Crippen LogP contribution in [0.25, 0.3) is 21.6 Å². The van der Waals surface area contributed by atoms with Gasteiger partial charge in [0, 0.05) is 35.4 Å². The molecule has 1 saturated heterocycles. The highest BCUT2D eigenvalue weighted by atomic mass is 32.1. The molecule has 0 bridgehead atoms. The molecule has 0 unspecified atom stereocenters. The van der Waals surface area contributed by atoms with E-state index in [-0.39, 0.29) is 5.91 Å². The molecule has 0 N–H and O–H groups in total. The Morgan fingerprint density at radius 1 is 1.00 bits per heavy atom. The van der Waals surface area contributed by atoms with Crippen LogP contribution < -0.4 is 0 Å². The average molecular weight is 405 g/mol. The Labute approximate surface area is 177 Å². The standard InChI is InChI=1S/C25H28N2OS/c1-18(2)14-23-15-21(10-11-26-23)24-16-22(17-29-24)19-6-8-20(9-7-19)25(28)27-12-4-3-5-13-27/h6-11,15-18H,3-5,12-14H2,1-2H3. The van der Waals surface area contributed by atoms with Crippen LogP contribution in [0.2, 0.25) is 0 Å². The van der Waals surface area contributed by atoms with Gasteiger partial charge >= 0.3 is 0 Å². The summed E-state index contributed by atoms with van der Waals surface area (Å²) in [5.74, 6) is 0.763. The van der Waals surface area contributed by atoms with Crippen molar-refractivity contribution < 1.29 is 4.79 Å². The van der Waals surface area contributed by atoms with E-state index < -0.39 is 0 Å². The van der Waals surface area contributed by atoms with Crippen LogP contribution in [0.3, 0.4) is 0 Å². The first-order chi connectivity index (χ1) is 14.1. The molecular formula is C25H28N2OS. The van der Waals surface area contributed by atoms with Crippen LogP contribution in [0, 0.1) is 5.92 Å². The number of hydrogen-bond donors (Lipinski definition) is 0. The van der Waals surface area contributed by atoms with Crippen molar-refractivity contribution in [2.24, 2.45) is 5.92 Å². The fraction of sp³-hybridized carbons (Fsp3) is 0.360. The molecule has 1 aliphatic rings. The molecule has 4 rings (SSSR count). The van der Waals surface area contributed by atoms with Crippen LogP contribution >= 0.6 is 11.3 Å². The van der Waals surface area contributed by atoms with Crippen molar-refractivity contribution in [3.05, 3.63) is 65.3 Å². The number of aromatic nitrogens is 1. The summed E-state index contributed by atoms with van der Waals surface area (Å²) in [4.78, 5) is 20.4. The van der Waals surface area contributed by atoms with E-state index in [9.17, 15) is 4.79 Å². The summed E-state index contributed by atoms with van der Waals surface area (Å²) in [6, 6.07) is 14.6. The predicted octanol–water partition coefficient (Wildman–Crippen LogP) is 6.30. The quantitative estimate of drug-likeness (QED) is 0.500. The van der Waals surface area contributed by atoms with E-state index in [2.05, 4.69) is 54.5 Å². The first-order valence-corrected chi connectivity index (χ1v) is 11.4. The number of carbonyl (C=O) groups is 1. The van der Waals surface area contributed by atoms with Crippen LogP contribution in [0.15, 0.2) is 54.0 Å². The Kier molecular flexibility index (Phi) is 6.10. The molecule has 0 atom stereocenters. The lowest BCUT2D eigenvalue weighted by Gasteiger charge is -2.26. The third kappa shape index (κ3) is 4.76. The van der Waals surface area contributed by atoms with Gasteiger partial charge in [-0.2, -0.15) is 0 Å². The number of thiophene rings is 1. The molecule has 1 aromatic carbocycles. The van der Waals surface area contributed by atoms with Crippen LogP contribution in [0.5, 0.6) is 0 Å². The lowest BCUT2D eigenvalue weighted by Crippen LogP contribution is -2.35. The van der Waals surface area contributed by atoms with Crippen molar-refractivity contribution in [1.29, 1.82) is 0 Å². The second-order valence-corrected chi connectivity index (χ2v) is 9.17. The zero-order valence-electron chi connectivity index (χ0n) is 17.2. The smallest absolute Gasteiger partial charge is 0.253 e. The van der Waals surface area contributed by atoms with Crippen molar-refractivity contribution in [1.82, 2.24) is 9.88 Å². The van der Waals surface area contributed by atoms with E-state index in [0.717, 1.165) is 49.2 Å². The van der Waals surface area contributed by atoms with E-state index in [1.807, 2.05) is 23.2 Å². The van der Waals surface area contributed by atoms with E-state index in [0.29, 0.717) is 5.92 Å². The minimum absolute atomic E-state index is 0.164. The summed E-state index contributed by atoms with van der Waals surface area (Å²) in [5.41, 5.74) is 5.51. The molecule has 3 nitrogen and oxygen atoms in total. The van der Waals surface area contributed by atoms with E-state index in [4.69, 9.17) is 0 Å². The Balaban J connectivity index is 1.50. The highest BCUT2D eigenvalue weighted by Crippen LogP contribution is 2.33. The van der Waals surface area contributed by atoms with Crippen molar-refractivity contribution in [2.75, 3.05) is 13.1 Å². The molecule has 0 spiro atoms. The Morgan fingerprint density at radius 3 is 2.48 bits per heavy atom. The number of hydrogen-bond acceptors (Lipinski definition) is 3. The summed E-state index contributed by atoms with van der Waals surface area (Å²) in [6.07, 6.45) is 6.39. The predicted molar refractivity (Wildman–Crippen MR) is 121 cm³/mol. The highest BCUT2D eigenvalue weighted by molar-refractivity contribution is 7.14. The number of benzene rings is 1. The summed E-state index contributed by atoms with van der Waals surface area (Å²) in [6.45, 7) is 6.22. The number of amides is 1. The second-order valence-electron chi connectivity index (χ2n) is 8.26. The second kappa shape index (κ2) is 8.91. The Bertz CT molecular complexity index is 968. The van der Waals surface area contributed by atoms with Gasteiger partial charge < -0.3 is 4.90 Å². The maximum Gasteiger partial charge on any atom is 0.253 e. The van der Waals surface area contributed by atoms with E-state index >= 15 is 0 Å². The Morgan fingerprint density at radius 2 is 1.76 bits per heavy atom. The van der Waals surface area contributed by atoms with Crippen molar-refractivity contribution >= 4 is 17.2 Å². The summed E-state index contributed by atoms with van der Waals surface area (Å²) < 4.78 is 0. The summed E-state index contributed by atoms with van der Waals surface area (Å²) >= 11 is 1.76. The molecular weight excluding hydrogens is 376 g/mol. The molecule has 1 aliphatic heterocycles. The van der Waals surface area contributed by atoms with Gasteiger partial charge in [-0.3, -0.25) is 9.78 Å². The first-order valence-electron chi connectivity index (χ1n) is 10.5. The molecule has 0 radical (unpaired) electrons. The van der Waals surface area contributed by atoms with Gasteiger partial charge in [-0.25, -0.2) is 0 Å². The van der Waals surface area contributed by atoms with E-state index in [1.165, 1.54) is 22.4 Å². The highest BCUT2D eigenvalue weighted by Gasteiger charge is 2.18. The molecule has 150 valence electrons. The largest absolute Gasteiger partial charge is 0.339 e. The maximum atomic E-state index is 12.7. The maximum absolute atomic E-state index is 12.7. The van der Waals surface area contributed by atoms with Gasteiger partial charge in [-0.15, -0.1) is 11.3 Å². The van der Waals surface area contributed by atoms with Crippen LogP contribution in [0.4, 0.5) is 0 Å². The zero-order valence-corrected chi connectivity index (χ0v) is 18.0. The average Bonchev–Trinajstić information content (AvgIpc) is 3.24. The molecule has 3 heterocycles. The van der Waals surface area contributed by atoms with Gasteiger partial charge in [0.05, 0.1) is 0 Å². The van der Waals surface area contributed by atoms with Gasteiger partial charge in [-0.1, -0.05) is 26.0 Å². The van der Waals surface area contributed by atoms with Gasteiger partial charge in [0.15, 0.2) is 0 Å². The summed E-state index contributed by atoms with van der Waals surface area (Å²) in [7, 11) is 0. The van der Waals surface area contributed by atoms with Gasteiger partial charge in [0.1, 0.15) is 0 Å². The molecule has 0 saturated carbocycles. The van der Waals surface area contributed by atoms with Crippen molar-refractivity contribution in [3.8, 4) is 21.6 Å². The van der Waals surface area contributed by atoms with Gasteiger partial charge in [0.25, 0.3) is 5.91 Å². The molecule has 1 amide bonds. The van der Waals surface area contributed by atoms with Crippen molar-refractivity contribution in [3.63, 3.8) is 0 Å². The fourth-order valence-corrected chi connectivity index (χ4v) is 4.80. The number of carbonyl (C=O) groups excluding carboxylic acids is 1. The topological polar surface area (TPSA) is 33.2 Å².